The third-order valence-electron chi connectivity index (χ3n) is 4.61. The predicted molar refractivity (Wildman–Crippen MR) is 90.3 cm³/mol. The smallest absolute Gasteiger partial charge is 0.311 e. The number of hydrogen-bond acceptors (Lipinski definition) is 5. The predicted octanol–water partition coefficient (Wildman–Crippen LogP) is 1.52. The van der Waals surface area contributed by atoms with Gasteiger partial charge < -0.3 is 15.4 Å². The fourth-order valence-electron chi connectivity index (χ4n) is 2.62. The van der Waals surface area contributed by atoms with E-state index in [1.54, 1.807) is 0 Å². The van der Waals surface area contributed by atoms with Crippen LogP contribution in [-0.4, -0.2) is 33.5 Å². The van der Waals surface area contributed by atoms with E-state index < -0.39 is 11.4 Å². The maximum atomic E-state index is 12.2. The molecule has 3 N–H and O–H groups in total. The monoisotopic (exact) mass is 349 g/mol. The van der Waals surface area contributed by atoms with Gasteiger partial charge in [-0.1, -0.05) is 0 Å². The molecule has 1 fully saturated rings. The maximum absolute atomic E-state index is 12.2. The summed E-state index contributed by atoms with van der Waals surface area (Å²) in [7, 11) is 0. The molecule has 0 unspecified atom stereocenters. The topological polar surface area (TPSA) is 112 Å². The number of hydrogen-bond donors (Lipinski definition) is 3. The Hall–Kier alpha value is -2.22. The van der Waals surface area contributed by atoms with Crippen molar-refractivity contribution in [2.24, 2.45) is 5.41 Å². The molecule has 2 heterocycles. The largest absolute Gasteiger partial charge is 0.481 e. The van der Waals surface area contributed by atoms with E-state index in [2.05, 4.69) is 15.3 Å². The quantitative estimate of drug-likeness (QED) is 0.732. The van der Waals surface area contributed by atoms with Gasteiger partial charge in [0.15, 0.2) is 0 Å². The second kappa shape index (κ2) is 6.01. The van der Waals surface area contributed by atoms with Crippen molar-refractivity contribution in [2.45, 2.75) is 39.5 Å². The number of nitrogens with one attached hydrogen (secondary N) is 2. The third-order valence-corrected chi connectivity index (χ3v) is 5.71. The Morgan fingerprint density at radius 1 is 1.38 bits per heavy atom. The van der Waals surface area contributed by atoms with Crippen LogP contribution in [0.4, 0.5) is 0 Å². The molecule has 2 aromatic rings. The molecule has 1 aliphatic rings. The fraction of sp³-hybridized carbons (Fsp3) is 0.500. The van der Waals surface area contributed by atoms with Crippen molar-refractivity contribution in [1.29, 1.82) is 0 Å². The summed E-state index contributed by atoms with van der Waals surface area (Å²) in [6.45, 7) is 4.01. The van der Waals surface area contributed by atoms with E-state index in [4.69, 9.17) is 5.11 Å². The molecule has 3 rings (SSSR count). The van der Waals surface area contributed by atoms with Crippen molar-refractivity contribution in [3.63, 3.8) is 0 Å². The normalized spacial score (nSPS) is 15.4. The molecule has 0 spiro atoms. The summed E-state index contributed by atoms with van der Waals surface area (Å²) < 4.78 is 0. The number of rotatable bonds is 6. The SMILES string of the molecule is Cc1sc2nc(CCC(=O)NCC3(C(=O)O)CC3)[nH]c(=O)c2c1C. The second-order valence-corrected chi connectivity index (χ2v) is 7.54. The van der Waals surface area contributed by atoms with E-state index in [1.807, 2.05) is 13.8 Å². The lowest BCUT2D eigenvalue weighted by atomic mass is 10.1. The first-order valence-electron chi connectivity index (χ1n) is 7.81. The summed E-state index contributed by atoms with van der Waals surface area (Å²) in [6, 6.07) is 0. The van der Waals surface area contributed by atoms with Crippen LogP contribution < -0.4 is 10.9 Å². The van der Waals surface area contributed by atoms with Gasteiger partial charge in [0.1, 0.15) is 10.7 Å². The first kappa shape index (κ1) is 16.6. The lowest BCUT2D eigenvalue weighted by Crippen LogP contribution is -2.34. The molecule has 0 radical (unpaired) electrons. The van der Waals surface area contributed by atoms with Crippen molar-refractivity contribution in [3.05, 3.63) is 26.6 Å². The van der Waals surface area contributed by atoms with Crippen molar-refractivity contribution in [2.75, 3.05) is 6.54 Å². The first-order valence-corrected chi connectivity index (χ1v) is 8.63. The van der Waals surface area contributed by atoms with Gasteiger partial charge >= 0.3 is 5.97 Å². The number of aromatic amines is 1. The number of aryl methyl sites for hydroxylation is 3. The van der Waals surface area contributed by atoms with Crippen LogP contribution >= 0.6 is 11.3 Å². The highest BCUT2D eigenvalue weighted by Gasteiger charge is 2.50. The number of nitrogens with zero attached hydrogens (tertiary/aromatic N) is 1. The molecule has 8 heteroatoms. The number of amides is 1. The van der Waals surface area contributed by atoms with Crippen molar-refractivity contribution >= 4 is 33.4 Å². The van der Waals surface area contributed by atoms with E-state index in [0.717, 1.165) is 10.4 Å². The van der Waals surface area contributed by atoms with Gasteiger partial charge in [0.25, 0.3) is 5.56 Å². The van der Waals surface area contributed by atoms with Crippen molar-refractivity contribution in [1.82, 2.24) is 15.3 Å². The van der Waals surface area contributed by atoms with Crippen molar-refractivity contribution < 1.29 is 14.7 Å². The highest BCUT2D eigenvalue weighted by molar-refractivity contribution is 7.18. The first-order chi connectivity index (χ1) is 11.3. The molecule has 0 aromatic carbocycles. The zero-order valence-electron chi connectivity index (χ0n) is 13.6. The lowest BCUT2D eigenvalue weighted by Gasteiger charge is -2.10. The maximum Gasteiger partial charge on any atom is 0.311 e. The third kappa shape index (κ3) is 3.06. The lowest BCUT2D eigenvalue weighted by molar-refractivity contribution is -0.143. The van der Waals surface area contributed by atoms with Gasteiger partial charge in [-0.2, -0.15) is 0 Å². The fourth-order valence-corrected chi connectivity index (χ4v) is 3.67. The minimum Gasteiger partial charge on any atom is -0.481 e. The van der Waals surface area contributed by atoms with E-state index in [1.165, 1.54) is 11.3 Å². The Kier molecular flexibility index (Phi) is 4.16. The zero-order chi connectivity index (χ0) is 17.5. The number of carboxylic acids is 1. The Morgan fingerprint density at radius 2 is 2.08 bits per heavy atom. The molecule has 1 aliphatic carbocycles. The van der Waals surface area contributed by atoms with Crippen LogP contribution in [0.3, 0.4) is 0 Å². The van der Waals surface area contributed by atoms with Gasteiger partial charge in [0, 0.05) is 24.3 Å². The number of thiophene rings is 1. The molecule has 0 aliphatic heterocycles. The van der Waals surface area contributed by atoms with E-state index in [0.29, 0.717) is 35.3 Å². The average molecular weight is 349 g/mol. The van der Waals surface area contributed by atoms with E-state index in [9.17, 15) is 14.4 Å². The number of aliphatic carboxylic acids is 1. The molecule has 1 saturated carbocycles. The highest BCUT2D eigenvalue weighted by atomic mass is 32.1. The molecule has 1 amide bonds. The summed E-state index contributed by atoms with van der Waals surface area (Å²) in [6.07, 6.45) is 1.68. The molecule has 2 aromatic heterocycles. The molecule has 128 valence electrons. The van der Waals surface area contributed by atoms with Crippen molar-refractivity contribution in [3.8, 4) is 0 Å². The minimum atomic E-state index is -0.859. The second-order valence-electron chi connectivity index (χ2n) is 6.34. The van der Waals surface area contributed by atoms with Gasteiger partial charge in [0.2, 0.25) is 5.91 Å². The number of carbonyl (C=O) groups is 2. The Morgan fingerprint density at radius 3 is 2.71 bits per heavy atom. The van der Waals surface area contributed by atoms with Crippen LogP contribution in [0.25, 0.3) is 10.2 Å². The summed E-state index contributed by atoms with van der Waals surface area (Å²) in [5.41, 5.74) is -0.0100. The molecule has 24 heavy (non-hydrogen) atoms. The number of carboxylic acid groups (broad SMARTS) is 1. The van der Waals surface area contributed by atoms with Gasteiger partial charge in [-0.25, -0.2) is 4.98 Å². The summed E-state index contributed by atoms with van der Waals surface area (Å²) in [4.78, 5) is 44.0. The Balaban J connectivity index is 1.62. The minimum absolute atomic E-state index is 0.160. The van der Waals surface area contributed by atoms with Gasteiger partial charge in [-0.05, 0) is 32.3 Å². The zero-order valence-corrected chi connectivity index (χ0v) is 14.4. The Labute approximate surface area is 142 Å². The Bertz CT molecular complexity index is 879. The summed E-state index contributed by atoms with van der Waals surface area (Å²) in [5, 5.41) is 12.4. The number of H-pyrrole nitrogens is 1. The molecular formula is C16H19N3O4S. The van der Waals surface area contributed by atoms with Crippen LogP contribution in [0.1, 0.15) is 35.5 Å². The van der Waals surface area contributed by atoms with Crippen LogP contribution in [0.15, 0.2) is 4.79 Å². The van der Waals surface area contributed by atoms with E-state index >= 15 is 0 Å². The molecule has 0 bridgehead atoms. The standard InChI is InChI=1S/C16H19N3O4S/c1-8-9(2)24-14-12(8)13(21)18-10(19-14)3-4-11(20)17-7-16(5-6-16)15(22)23/h3-7H2,1-2H3,(H,17,20)(H,22,23)(H,18,19,21). The summed E-state index contributed by atoms with van der Waals surface area (Å²) >= 11 is 1.47. The van der Waals surface area contributed by atoms with Gasteiger partial charge in [-0.3, -0.25) is 14.4 Å². The molecule has 7 nitrogen and oxygen atoms in total. The van der Waals surface area contributed by atoms with Crippen LogP contribution in [0.5, 0.6) is 0 Å². The summed E-state index contributed by atoms with van der Waals surface area (Å²) in [5.74, 6) is -0.616. The number of fused-ring (bicyclic) bond motifs is 1. The molecule has 0 atom stereocenters. The van der Waals surface area contributed by atoms with Crippen LogP contribution in [0, 0.1) is 19.3 Å². The van der Waals surface area contributed by atoms with Gasteiger partial charge in [0.05, 0.1) is 10.8 Å². The number of carbonyl (C=O) groups excluding carboxylic acids is 1. The average Bonchev–Trinajstić information content (AvgIpc) is 3.26. The van der Waals surface area contributed by atoms with Crippen LogP contribution in [-0.2, 0) is 16.0 Å². The molecule has 0 saturated heterocycles. The van der Waals surface area contributed by atoms with E-state index in [-0.39, 0.29) is 24.4 Å². The van der Waals surface area contributed by atoms with Gasteiger partial charge in [-0.15, -0.1) is 11.3 Å². The number of aromatic nitrogens is 2. The highest BCUT2D eigenvalue weighted by Crippen LogP contribution is 2.45. The van der Waals surface area contributed by atoms with Crippen LogP contribution in [0.2, 0.25) is 0 Å². The molecular weight excluding hydrogens is 330 g/mol.